The lowest BCUT2D eigenvalue weighted by atomic mass is 10.0. The van der Waals surface area contributed by atoms with E-state index >= 15 is 0 Å². The number of rotatable bonds is 3. The minimum atomic E-state index is -1.03. The van der Waals surface area contributed by atoms with Gasteiger partial charge in [-0.1, -0.05) is 36.3 Å². The van der Waals surface area contributed by atoms with Crippen LogP contribution in [0.15, 0.2) is 36.0 Å². The summed E-state index contributed by atoms with van der Waals surface area (Å²) >= 11 is 0. The summed E-state index contributed by atoms with van der Waals surface area (Å²) in [5.74, 6) is -0.705. The number of nitrogens with zero attached hydrogens (tertiary/aromatic N) is 4. The molecule has 1 aromatic heterocycles. The van der Waals surface area contributed by atoms with Crippen LogP contribution in [0.4, 0.5) is 5.95 Å². The van der Waals surface area contributed by atoms with Gasteiger partial charge in [-0.3, -0.25) is 0 Å². The van der Waals surface area contributed by atoms with Crippen LogP contribution in [0.1, 0.15) is 24.1 Å². The molecule has 3 rings (SSSR count). The van der Waals surface area contributed by atoms with Crippen LogP contribution >= 0.6 is 0 Å². The highest BCUT2D eigenvalue weighted by molar-refractivity contribution is 5.90. The zero-order valence-corrected chi connectivity index (χ0v) is 10.8. The fraction of sp³-hybridized carbons (Fsp3) is 0.231. The van der Waals surface area contributed by atoms with E-state index in [2.05, 4.69) is 27.8 Å². The Balaban J connectivity index is 2.04. The first-order chi connectivity index (χ1) is 9.69. The molecule has 2 N–H and O–H groups in total. The summed E-state index contributed by atoms with van der Waals surface area (Å²) in [5.41, 5.74) is 2.25. The van der Waals surface area contributed by atoms with Crippen molar-refractivity contribution in [3.63, 3.8) is 0 Å². The average molecular weight is 271 g/mol. The maximum Gasteiger partial charge on any atom is 0.352 e. The van der Waals surface area contributed by atoms with E-state index in [9.17, 15) is 4.79 Å². The summed E-state index contributed by atoms with van der Waals surface area (Å²) in [6.45, 7) is 2.08. The number of carboxylic acid groups (broad SMARTS) is 1. The number of fused-ring (bicyclic) bond motifs is 1. The second kappa shape index (κ2) is 4.76. The second-order valence-electron chi connectivity index (χ2n) is 4.50. The van der Waals surface area contributed by atoms with Crippen molar-refractivity contribution in [2.75, 3.05) is 5.32 Å². The third-order valence-corrected chi connectivity index (χ3v) is 3.29. The molecule has 1 atom stereocenters. The van der Waals surface area contributed by atoms with Gasteiger partial charge in [-0.15, -0.1) is 0 Å². The van der Waals surface area contributed by atoms with Gasteiger partial charge in [0.15, 0.2) is 0 Å². The molecule has 2 heterocycles. The Bertz CT molecular complexity index is 674. The van der Waals surface area contributed by atoms with Crippen LogP contribution in [0.25, 0.3) is 0 Å². The van der Waals surface area contributed by atoms with Crippen LogP contribution in [-0.4, -0.2) is 31.3 Å². The third kappa shape index (κ3) is 2.03. The maximum absolute atomic E-state index is 11.2. The van der Waals surface area contributed by atoms with Gasteiger partial charge in [0.25, 0.3) is 0 Å². The Kier molecular flexibility index (Phi) is 2.94. The van der Waals surface area contributed by atoms with Crippen molar-refractivity contribution >= 4 is 11.9 Å². The van der Waals surface area contributed by atoms with Crippen LogP contribution in [0.5, 0.6) is 0 Å². The molecule has 2 aromatic rings. The third-order valence-electron chi connectivity index (χ3n) is 3.29. The summed E-state index contributed by atoms with van der Waals surface area (Å²) < 4.78 is 1.56. The smallest absolute Gasteiger partial charge is 0.352 e. The fourth-order valence-electron chi connectivity index (χ4n) is 2.17. The van der Waals surface area contributed by atoms with Crippen molar-refractivity contribution in [3.05, 3.63) is 47.2 Å². The lowest BCUT2D eigenvalue weighted by molar-refractivity contribution is -0.132. The molecule has 102 valence electrons. The van der Waals surface area contributed by atoms with Gasteiger partial charge in [0.05, 0.1) is 0 Å². The van der Waals surface area contributed by atoms with Crippen LogP contribution in [0.3, 0.4) is 0 Å². The molecule has 7 heteroatoms. The Morgan fingerprint density at radius 1 is 1.40 bits per heavy atom. The van der Waals surface area contributed by atoms with Gasteiger partial charge in [0.1, 0.15) is 11.7 Å². The number of benzene rings is 1. The number of hydrogen-bond acceptors (Lipinski definition) is 5. The van der Waals surface area contributed by atoms with Gasteiger partial charge in [0.2, 0.25) is 5.95 Å². The van der Waals surface area contributed by atoms with Crippen molar-refractivity contribution in [3.8, 4) is 0 Å². The molecular formula is C13H13N5O2. The lowest BCUT2D eigenvalue weighted by Gasteiger charge is -2.21. The molecule has 0 unspecified atom stereocenters. The highest BCUT2D eigenvalue weighted by atomic mass is 16.4. The topological polar surface area (TPSA) is 92.9 Å². The largest absolute Gasteiger partial charge is 0.477 e. The first-order valence-electron chi connectivity index (χ1n) is 6.28. The van der Waals surface area contributed by atoms with Gasteiger partial charge in [-0.2, -0.15) is 4.68 Å². The van der Waals surface area contributed by atoms with Crippen molar-refractivity contribution in [2.24, 2.45) is 0 Å². The monoisotopic (exact) mass is 271 g/mol. The number of tetrazole rings is 1. The molecule has 1 aliphatic rings. The Labute approximate surface area is 114 Å². The number of aryl methyl sites for hydroxylation is 1. The van der Waals surface area contributed by atoms with E-state index < -0.39 is 5.97 Å². The van der Waals surface area contributed by atoms with Gasteiger partial charge in [-0.05, 0) is 34.1 Å². The minimum absolute atomic E-state index is 0.0804. The Morgan fingerprint density at radius 2 is 2.15 bits per heavy atom. The molecule has 0 saturated carbocycles. The average Bonchev–Trinajstić information content (AvgIpc) is 2.94. The first kappa shape index (κ1) is 12.3. The predicted octanol–water partition coefficient (Wildman–Crippen LogP) is 1.22. The summed E-state index contributed by atoms with van der Waals surface area (Å²) in [5, 5.41) is 23.1. The molecule has 0 amide bonds. The van der Waals surface area contributed by atoms with Crippen LogP contribution < -0.4 is 5.32 Å². The van der Waals surface area contributed by atoms with Crippen LogP contribution in [-0.2, 0) is 11.2 Å². The number of anilines is 1. The second-order valence-corrected chi connectivity index (χ2v) is 4.50. The summed E-state index contributed by atoms with van der Waals surface area (Å²) in [6.07, 6.45) is 2.56. The molecule has 1 aromatic carbocycles. The quantitative estimate of drug-likeness (QED) is 0.871. The normalized spacial score (nSPS) is 17.1. The Morgan fingerprint density at radius 3 is 2.80 bits per heavy atom. The molecule has 0 saturated heterocycles. The number of nitrogens with one attached hydrogen (secondary N) is 1. The van der Waals surface area contributed by atoms with Crippen LogP contribution in [0.2, 0.25) is 0 Å². The van der Waals surface area contributed by atoms with Crippen molar-refractivity contribution in [1.82, 2.24) is 20.2 Å². The minimum Gasteiger partial charge on any atom is -0.477 e. The van der Waals surface area contributed by atoms with Gasteiger partial charge in [-0.25, -0.2) is 4.79 Å². The standard InChI is InChI=1S/C13H13N5O2/c1-2-8-3-5-9(6-4-8)11-7-10(12(19)20)14-13-15-16-17-18(11)13/h3-7,11H,2H2,1H3,(H,19,20)(H,14,15,17)/t11-/m1/s1. The number of carbonyl (C=O) groups is 1. The van der Waals surface area contributed by atoms with Gasteiger partial charge in [0, 0.05) is 0 Å². The number of aliphatic carboxylic acids is 1. The first-order valence-corrected chi connectivity index (χ1v) is 6.28. The zero-order valence-electron chi connectivity index (χ0n) is 10.8. The number of hydrogen-bond donors (Lipinski definition) is 2. The highest BCUT2D eigenvalue weighted by Gasteiger charge is 2.26. The molecule has 7 nitrogen and oxygen atoms in total. The molecule has 0 spiro atoms. The zero-order chi connectivity index (χ0) is 14.1. The molecule has 0 fully saturated rings. The van der Waals surface area contributed by atoms with Crippen LogP contribution in [0, 0.1) is 0 Å². The van der Waals surface area contributed by atoms with E-state index in [0.717, 1.165) is 12.0 Å². The maximum atomic E-state index is 11.2. The fourth-order valence-corrected chi connectivity index (χ4v) is 2.17. The molecular weight excluding hydrogens is 258 g/mol. The van der Waals surface area contributed by atoms with Gasteiger partial charge < -0.3 is 10.4 Å². The van der Waals surface area contributed by atoms with Crippen molar-refractivity contribution in [2.45, 2.75) is 19.4 Å². The number of allylic oxidation sites excluding steroid dienone is 1. The van der Waals surface area contributed by atoms with Crippen molar-refractivity contribution in [1.29, 1.82) is 0 Å². The van der Waals surface area contributed by atoms with E-state index in [0.29, 0.717) is 5.95 Å². The molecule has 0 radical (unpaired) electrons. The SMILES string of the molecule is CCc1ccc([C@H]2C=C(C(=O)O)Nc3nnnn32)cc1. The highest BCUT2D eigenvalue weighted by Crippen LogP contribution is 2.27. The molecule has 0 bridgehead atoms. The summed E-state index contributed by atoms with van der Waals surface area (Å²) in [4.78, 5) is 11.2. The predicted molar refractivity (Wildman–Crippen MR) is 71.1 cm³/mol. The number of carboxylic acids is 1. The van der Waals surface area contributed by atoms with E-state index in [-0.39, 0.29) is 11.7 Å². The summed E-state index contributed by atoms with van der Waals surface area (Å²) in [6, 6.07) is 7.66. The summed E-state index contributed by atoms with van der Waals surface area (Å²) in [7, 11) is 0. The van der Waals surface area contributed by atoms with E-state index in [1.807, 2.05) is 24.3 Å². The van der Waals surface area contributed by atoms with E-state index in [1.54, 1.807) is 10.8 Å². The molecule has 1 aliphatic heterocycles. The van der Waals surface area contributed by atoms with E-state index in [1.165, 1.54) is 5.56 Å². The Hall–Kier alpha value is -2.70. The van der Waals surface area contributed by atoms with Gasteiger partial charge >= 0.3 is 5.97 Å². The van der Waals surface area contributed by atoms with Crippen molar-refractivity contribution < 1.29 is 9.90 Å². The molecule has 0 aliphatic carbocycles. The van der Waals surface area contributed by atoms with E-state index in [4.69, 9.17) is 5.11 Å². The number of aromatic nitrogens is 4. The molecule has 20 heavy (non-hydrogen) atoms. The lowest BCUT2D eigenvalue weighted by Crippen LogP contribution is -2.24.